The van der Waals surface area contributed by atoms with Crippen LogP contribution in [0.25, 0.3) is 0 Å². The van der Waals surface area contributed by atoms with Gasteiger partial charge in [-0.05, 0) is 6.42 Å². The number of nitrogens with one attached hydrogen (secondary N) is 1. The minimum atomic E-state index is -0.0368. The molecule has 0 bridgehead atoms. The molecule has 0 aliphatic carbocycles. The first-order chi connectivity index (χ1) is 7.68. The van der Waals surface area contributed by atoms with Crippen molar-refractivity contribution in [2.75, 3.05) is 6.54 Å². The maximum absolute atomic E-state index is 11.5. The van der Waals surface area contributed by atoms with Crippen molar-refractivity contribution in [3.63, 3.8) is 0 Å². The van der Waals surface area contributed by atoms with Gasteiger partial charge in [-0.1, -0.05) is 18.2 Å². The Kier molecular flexibility index (Phi) is 2.90. The second-order valence-electron chi connectivity index (χ2n) is 3.91. The first-order valence-corrected chi connectivity index (χ1v) is 5.33. The molecule has 1 aromatic carbocycles. The van der Waals surface area contributed by atoms with Gasteiger partial charge in [0.15, 0.2) is 6.21 Å². The van der Waals surface area contributed by atoms with Gasteiger partial charge in [-0.15, -0.1) is 0 Å². The van der Waals surface area contributed by atoms with Gasteiger partial charge >= 0.3 is 0 Å². The third kappa shape index (κ3) is 2.05. The lowest BCUT2D eigenvalue weighted by Gasteiger charge is -2.05. The zero-order chi connectivity index (χ0) is 11.5. The van der Waals surface area contributed by atoms with Crippen molar-refractivity contribution < 1.29 is 9.53 Å². The molecule has 1 aliphatic heterocycles. The number of amides is 1. The molecule has 0 spiro atoms. The Morgan fingerprint density at radius 2 is 2.25 bits per heavy atom. The quantitative estimate of drug-likeness (QED) is 0.617. The molecule has 0 saturated carbocycles. The summed E-state index contributed by atoms with van der Waals surface area (Å²) in [6, 6.07) is 7.56. The van der Waals surface area contributed by atoms with E-state index < -0.39 is 0 Å². The Labute approximate surface area is 94.2 Å². The average Bonchev–Trinajstić information content (AvgIpc) is 2.57. The molecule has 0 fully saturated rings. The van der Waals surface area contributed by atoms with Gasteiger partial charge in [-0.3, -0.25) is 4.79 Å². The molecule has 1 aliphatic rings. The number of carbonyl (C=O) groups excluding carboxylic acids is 1. The maximum atomic E-state index is 11.5. The van der Waals surface area contributed by atoms with Gasteiger partial charge in [0.2, 0.25) is 11.6 Å². The predicted molar refractivity (Wildman–Crippen MR) is 61.8 cm³/mol. The van der Waals surface area contributed by atoms with E-state index in [4.69, 9.17) is 0 Å². The van der Waals surface area contributed by atoms with Gasteiger partial charge in [-0.2, -0.15) is 4.74 Å². The number of nitrogens with zero attached hydrogens (tertiary/aromatic N) is 1. The van der Waals surface area contributed by atoms with Crippen LogP contribution in [0.2, 0.25) is 0 Å². The van der Waals surface area contributed by atoms with Crippen molar-refractivity contribution in [1.82, 2.24) is 5.32 Å². The Hall–Kier alpha value is -1.84. The van der Waals surface area contributed by atoms with Crippen molar-refractivity contribution >= 4 is 17.8 Å². The molecule has 2 rings (SSSR count). The van der Waals surface area contributed by atoms with Crippen LogP contribution in [0.15, 0.2) is 24.3 Å². The minimum absolute atomic E-state index is 0.0368. The smallest absolute Gasteiger partial charge is 0.220 e. The number of rotatable bonds is 3. The monoisotopic (exact) mass is 218 g/mol. The normalized spacial score (nSPS) is 17.8. The molecule has 1 amide bonds. The molecular formula is C12H14N2O2. The lowest BCUT2D eigenvalue weighted by molar-refractivity contribution is -0.351. The van der Waals surface area contributed by atoms with E-state index >= 15 is 0 Å². The fraction of sp³-hybridized carbons (Fsp3) is 0.333. The summed E-state index contributed by atoms with van der Waals surface area (Å²) in [4.78, 5) is 10.7. The molecular weight excluding hydrogens is 204 g/mol. The van der Waals surface area contributed by atoms with E-state index in [1.54, 1.807) is 6.21 Å². The van der Waals surface area contributed by atoms with Crippen LogP contribution in [0, 0.1) is 5.21 Å². The first kappa shape index (κ1) is 10.7. The summed E-state index contributed by atoms with van der Waals surface area (Å²) in [6.45, 7) is 2.09. The number of fused-ring (bicyclic) bond motifs is 1. The van der Waals surface area contributed by atoms with Crippen molar-refractivity contribution in [2.45, 2.75) is 19.3 Å². The van der Waals surface area contributed by atoms with E-state index in [2.05, 4.69) is 5.32 Å². The van der Waals surface area contributed by atoms with E-state index in [1.807, 2.05) is 24.3 Å². The van der Waals surface area contributed by atoms with Crippen LogP contribution in [-0.2, 0) is 4.79 Å². The molecule has 0 radical (unpaired) electrons. The summed E-state index contributed by atoms with van der Waals surface area (Å²) in [5, 5.41) is 14.3. The highest BCUT2D eigenvalue weighted by molar-refractivity contribution is 5.74. The zero-order valence-corrected chi connectivity index (χ0v) is 9.14. The molecule has 1 aromatic rings. The highest BCUT2D eigenvalue weighted by Crippen LogP contribution is 2.32. The molecule has 1 N–H and O–H groups in total. The lowest BCUT2D eigenvalue weighted by Crippen LogP contribution is -2.22. The molecule has 16 heavy (non-hydrogen) atoms. The summed E-state index contributed by atoms with van der Waals surface area (Å²) >= 11 is 0. The van der Waals surface area contributed by atoms with Crippen molar-refractivity contribution in [3.8, 4) is 0 Å². The second kappa shape index (κ2) is 4.35. The topological polar surface area (TPSA) is 55.2 Å². The molecule has 1 atom stereocenters. The molecule has 0 saturated heterocycles. The summed E-state index contributed by atoms with van der Waals surface area (Å²) in [6.07, 6.45) is 2.42. The average molecular weight is 218 g/mol. The van der Waals surface area contributed by atoms with Gasteiger partial charge in [0, 0.05) is 25.1 Å². The summed E-state index contributed by atoms with van der Waals surface area (Å²) in [5.74, 6) is 0.0748. The van der Waals surface area contributed by atoms with Crippen LogP contribution >= 0.6 is 0 Å². The van der Waals surface area contributed by atoms with E-state index in [9.17, 15) is 10.0 Å². The number of hydrogen-bond acceptors (Lipinski definition) is 2. The Bertz CT molecular complexity index is 440. The zero-order valence-electron chi connectivity index (χ0n) is 9.14. The SMILES string of the molecule is CC(=O)NCCC1C=[N+]([O-])c2ccccc21. The summed E-state index contributed by atoms with van der Waals surface area (Å²) in [7, 11) is 0. The van der Waals surface area contributed by atoms with Gasteiger partial charge in [0.05, 0.1) is 5.92 Å². The van der Waals surface area contributed by atoms with E-state index in [0.29, 0.717) is 6.54 Å². The van der Waals surface area contributed by atoms with Crippen LogP contribution in [-0.4, -0.2) is 23.4 Å². The van der Waals surface area contributed by atoms with E-state index in [0.717, 1.165) is 22.4 Å². The molecule has 1 heterocycles. The first-order valence-electron chi connectivity index (χ1n) is 5.33. The molecule has 4 nitrogen and oxygen atoms in total. The number of hydrogen-bond donors (Lipinski definition) is 1. The third-order valence-electron chi connectivity index (χ3n) is 2.72. The van der Waals surface area contributed by atoms with Gasteiger partial charge in [0.25, 0.3) is 0 Å². The van der Waals surface area contributed by atoms with Crippen LogP contribution in [0.3, 0.4) is 0 Å². The van der Waals surface area contributed by atoms with Crippen molar-refractivity contribution in [1.29, 1.82) is 0 Å². The largest absolute Gasteiger partial charge is 0.618 e. The molecule has 0 aromatic heterocycles. The fourth-order valence-corrected chi connectivity index (χ4v) is 1.96. The Morgan fingerprint density at radius 3 is 3.00 bits per heavy atom. The fourth-order valence-electron chi connectivity index (χ4n) is 1.96. The summed E-state index contributed by atoms with van der Waals surface area (Å²) in [5.41, 5.74) is 1.76. The molecule has 1 unspecified atom stereocenters. The minimum Gasteiger partial charge on any atom is -0.618 e. The maximum Gasteiger partial charge on any atom is 0.220 e. The molecule has 84 valence electrons. The van der Waals surface area contributed by atoms with Crippen molar-refractivity contribution in [3.05, 3.63) is 35.0 Å². The number of benzene rings is 1. The van der Waals surface area contributed by atoms with E-state index in [1.165, 1.54) is 6.92 Å². The number of carbonyl (C=O) groups is 1. The van der Waals surface area contributed by atoms with Gasteiger partial charge in [-0.25, -0.2) is 0 Å². The predicted octanol–water partition coefficient (Wildman–Crippen LogP) is 1.52. The van der Waals surface area contributed by atoms with Crippen LogP contribution < -0.4 is 5.32 Å². The highest BCUT2D eigenvalue weighted by Gasteiger charge is 2.26. The van der Waals surface area contributed by atoms with E-state index in [-0.39, 0.29) is 11.8 Å². The second-order valence-corrected chi connectivity index (χ2v) is 3.91. The van der Waals surface area contributed by atoms with Crippen LogP contribution in [0.5, 0.6) is 0 Å². The van der Waals surface area contributed by atoms with Crippen molar-refractivity contribution in [2.24, 2.45) is 0 Å². The molecule has 4 heteroatoms. The third-order valence-corrected chi connectivity index (χ3v) is 2.72. The Morgan fingerprint density at radius 1 is 1.50 bits per heavy atom. The lowest BCUT2D eigenvalue weighted by atomic mass is 9.98. The summed E-state index contributed by atoms with van der Waals surface area (Å²) < 4.78 is 0.910. The number of para-hydroxylation sites is 1. The highest BCUT2D eigenvalue weighted by atomic mass is 16.5. The van der Waals surface area contributed by atoms with Crippen LogP contribution in [0.1, 0.15) is 24.8 Å². The van der Waals surface area contributed by atoms with Gasteiger partial charge in [0.1, 0.15) is 0 Å². The van der Waals surface area contributed by atoms with Crippen LogP contribution in [0.4, 0.5) is 5.69 Å². The Balaban J connectivity index is 2.05. The standard InChI is InChI=1S/C12H14N2O2/c1-9(15)13-7-6-10-8-14(16)12-5-3-2-4-11(10)12/h2-5,8,10H,6-7H2,1H3,(H,13,15). The van der Waals surface area contributed by atoms with Gasteiger partial charge < -0.3 is 10.5 Å².